The summed E-state index contributed by atoms with van der Waals surface area (Å²) in [6, 6.07) is 133. The van der Waals surface area contributed by atoms with Crippen LogP contribution in [0.2, 0.25) is 0 Å². The van der Waals surface area contributed by atoms with Gasteiger partial charge in [-0.1, -0.05) is 328 Å². The maximum atomic E-state index is 6.29. The molecule has 22 rings (SSSR count). The molecule has 102 heavy (non-hydrogen) atoms. The molecule has 0 radical (unpaired) electrons. The minimum absolute atomic E-state index is 0.939. The van der Waals surface area contributed by atoms with Crippen molar-refractivity contribution >= 4 is 130 Å². The average Bonchev–Trinajstić information content (AvgIpc) is 1.46. The molecule has 0 unspecified atom stereocenters. The van der Waals surface area contributed by atoms with Crippen LogP contribution in [-0.4, -0.2) is 0 Å². The second-order valence-electron chi connectivity index (χ2n) is 27.2. The average molecular weight is 1290 g/mol. The summed E-state index contributed by atoms with van der Waals surface area (Å²) in [5, 5.41) is 24.8. The van der Waals surface area contributed by atoms with Gasteiger partial charge in [0.25, 0.3) is 0 Å². The van der Waals surface area contributed by atoms with E-state index in [2.05, 4.69) is 364 Å². The smallest absolute Gasteiger partial charge is 0.136 e. The maximum absolute atomic E-state index is 6.29. The molecule has 0 aliphatic carbocycles. The van der Waals surface area contributed by atoms with Crippen molar-refractivity contribution in [1.29, 1.82) is 0 Å². The van der Waals surface area contributed by atoms with Crippen molar-refractivity contribution in [2.75, 3.05) is 0 Å². The predicted octanol–water partition coefficient (Wildman–Crippen LogP) is 28.6. The fourth-order valence-electron chi connectivity index (χ4n) is 17.0. The van der Waals surface area contributed by atoms with Gasteiger partial charge in [0.1, 0.15) is 22.3 Å². The van der Waals surface area contributed by atoms with E-state index in [4.69, 9.17) is 8.83 Å². The Labute approximate surface area is 588 Å². The Hall–Kier alpha value is -13.4. The highest BCUT2D eigenvalue weighted by atomic mass is 16.3. The largest absolute Gasteiger partial charge is 0.456 e. The van der Waals surface area contributed by atoms with Gasteiger partial charge >= 0.3 is 0 Å². The molecule has 0 spiro atoms. The van der Waals surface area contributed by atoms with Crippen LogP contribution in [0.25, 0.3) is 219 Å². The fraction of sp³-hybridized carbons (Fsp3) is 0. The van der Waals surface area contributed by atoms with E-state index in [9.17, 15) is 0 Å². The zero-order chi connectivity index (χ0) is 66.9. The Morgan fingerprint density at radius 2 is 0.461 bits per heavy atom. The highest BCUT2D eigenvalue weighted by molar-refractivity contribution is 6.27. The Bertz CT molecular complexity index is 6970. The molecule has 0 N–H and O–H groups in total. The SMILES string of the molecule is c1cc(-c2c3ccccc3c(-c3ccc(-c4ccc5ccccc5c4)cc3)c3ccccc23)cc(-c2ccc3oc4cccc5ccc2c3c54)c1.c1ccc2c(-c3ccc(-c4c5ccccc5c(-c5ccc(-c6ccc7oc8cccc9ccc6c7c98)cc5)c5ccccc45)cc3)cccc2c1. The van der Waals surface area contributed by atoms with Crippen molar-refractivity contribution in [3.63, 3.8) is 0 Å². The number of rotatable bonds is 8. The number of hydrogen-bond acceptors (Lipinski definition) is 2. The summed E-state index contributed by atoms with van der Waals surface area (Å²) in [6.07, 6.45) is 0. The first-order valence-electron chi connectivity index (χ1n) is 35.2. The van der Waals surface area contributed by atoms with Crippen LogP contribution >= 0.6 is 0 Å². The summed E-state index contributed by atoms with van der Waals surface area (Å²) >= 11 is 0. The Kier molecular flexibility index (Phi) is 13.1. The highest BCUT2D eigenvalue weighted by Gasteiger charge is 2.23. The molecule has 0 fully saturated rings. The van der Waals surface area contributed by atoms with Crippen molar-refractivity contribution < 1.29 is 8.83 Å². The zero-order valence-electron chi connectivity index (χ0n) is 55.5. The summed E-state index contributed by atoms with van der Waals surface area (Å²) < 4.78 is 12.5. The second-order valence-corrected chi connectivity index (χ2v) is 27.2. The lowest BCUT2D eigenvalue weighted by Gasteiger charge is -2.18. The molecule has 2 nitrogen and oxygen atoms in total. The number of hydrogen-bond donors (Lipinski definition) is 0. The van der Waals surface area contributed by atoms with Crippen molar-refractivity contribution in [3.8, 4) is 89.0 Å². The first-order chi connectivity index (χ1) is 50.6. The van der Waals surface area contributed by atoms with Crippen molar-refractivity contribution in [1.82, 2.24) is 0 Å². The van der Waals surface area contributed by atoms with Crippen LogP contribution in [0.3, 0.4) is 0 Å². The summed E-state index contributed by atoms with van der Waals surface area (Å²) in [5.74, 6) is 0. The molecule has 472 valence electrons. The lowest BCUT2D eigenvalue weighted by Crippen LogP contribution is -1.91. The minimum Gasteiger partial charge on any atom is -0.456 e. The molecule has 0 amide bonds. The Balaban J connectivity index is 0.000000133. The topological polar surface area (TPSA) is 26.3 Å². The van der Waals surface area contributed by atoms with Gasteiger partial charge < -0.3 is 8.83 Å². The van der Waals surface area contributed by atoms with Crippen LogP contribution < -0.4 is 0 Å². The lowest BCUT2D eigenvalue weighted by atomic mass is 9.85. The molecule has 0 atom stereocenters. The molecule has 2 heteroatoms. The summed E-state index contributed by atoms with van der Waals surface area (Å²) in [6.45, 7) is 0. The van der Waals surface area contributed by atoms with Crippen LogP contribution in [-0.2, 0) is 0 Å². The molecule has 20 aromatic carbocycles. The van der Waals surface area contributed by atoms with E-state index in [1.165, 1.54) is 197 Å². The van der Waals surface area contributed by atoms with Crippen molar-refractivity contribution in [2.45, 2.75) is 0 Å². The first kappa shape index (κ1) is 57.6. The van der Waals surface area contributed by atoms with Gasteiger partial charge in [-0.25, -0.2) is 0 Å². The van der Waals surface area contributed by atoms with Crippen LogP contribution in [0.5, 0.6) is 0 Å². The number of fused-ring (bicyclic) bond motifs is 6. The molecule has 0 aliphatic rings. The molecular formula is C100H60O2. The van der Waals surface area contributed by atoms with Gasteiger partial charge in [0.05, 0.1) is 0 Å². The summed E-state index contributed by atoms with van der Waals surface area (Å²) in [4.78, 5) is 0. The Morgan fingerprint density at radius 1 is 0.137 bits per heavy atom. The summed E-state index contributed by atoms with van der Waals surface area (Å²) in [7, 11) is 0. The van der Waals surface area contributed by atoms with E-state index in [1.54, 1.807) is 0 Å². The molecular weight excluding hydrogens is 1230 g/mol. The van der Waals surface area contributed by atoms with E-state index in [1.807, 2.05) is 0 Å². The molecule has 0 saturated carbocycles. The molecule has 0 bridgehead atoms. The third kappa shape index (κ3) is 9.13. The van der Waals surface area contributed by atoms with Gasteiger partial charge in [-0.05, 0) is 212 Å². The monoisotopic (exact) mass is 1290 g/mol. The van der Waals surface area contributed by atoms with Gasteiger partial charge in [0, 0.05) is 21.5 Å². The fourth-order valence-corrected chi connectivity index (χ4v) is 17.0. The highest BCUT2D eigenvalue weighted by Crippen LogP contribution is 2.49. The van der Waals surface area contributed by atoms with Gasteiger partial charge in [-0.15, -0.1) is 0 Å². The van der Waals surface area contributed by atoms with Gasteiger partial charge in [-0.2, -0.15) is 0 Å². The Morgan fingerprint density at radius 3 is 0.951 bits per heavy atom. The molecule has 2 aromatic heterocycles. The van der Waals surface area contributed by atoms with Crippen LogP contribution in [0, 0.1) is 0 Å². The van der Waals surface area contributed by atoms with Gasteiger partial charge in [0.2, 0.25) is 0 Å². The van der Waals surface area contributed by atoms with Crippen LogP contribution in [0.15, 0.2) is 373 Å². The van der Waals surface area contributed by atoms with E-state index in [0.29, 0.717) is 0 Å². The number of furan rings is 2. The zero-order valence-corrected chi connectivity index (χ0v) is 55.5. The third-order valence-corrected chi connectivity index (χ3v) is 21.7. The summed E-state index contributed by atoms with van der Waals surface area (Å²) in [5.41, 5.74) is 23.5. The molecule has 2 heterocycles. The quantitative estimate of drug-likeness (QED) is 0.112. The normalized spacial score (nSPS) is 11.9. The van der Waals surface area contributed by atoms with Gasteiger partial charge in [-0.3, -0.25) is 0 Å². The van der Waals surface area contributed by atoms with E-state index < -0.39 is 0 Å². The van der Waals surface area contributed by atoms with E-state index in [0.717, 1.165) is 22.3 Å². The minimum atomic E-state index is 0.939. The van der Waals surface area contributed by atoms with Crippen LogP contribution in [0.1, 0.15) is 0 Å². The standard InChI is InChI=1S/2C50H30O/c1-2-12-37-31(9-1)10-7-17-38(37)32-19-23-35(24-20-32)47-40-13-3-5-15-42(40)48(43-16-6-4-14-41(43)47)36-25-21-33(22-26-36)39-29-30-46-50-44(39)28-27-34-11-8-18-45(51-46)49(34)50;1-2-10-35-29-36(24-21-31(35)9-1)32-19-22-34(23-20-32)47-40-14-3-5-16-42(40)48(43-17-6-4-15-41(43)47)38-13-7-12-37(30-38)39-27-28-46-50-44(39)26-25-33-11-8-18-45(51-46)49(33)50/h2*1-30H. The number of benzene rings is 20. The van der Waals surface area contributed by atoms with Gasteiger partial charge in [0.15, 0.2) is 0 Å². The first-order valence-corrected chi connectivity index (χ1v) is 35.2. The van der Waals surface area contributed by atoms with Crippen molar-refractivity contribution in [2.24, 2.45) is 0 Å². The van der Waals surface area contributed by atoms with E-state index >= 15 is 0 Å². The lowest BCUT2D eigenvalue weighted by molar-refractivity contribution is 0.669. The maximum Gasteiger partial charge on any atom is 0.136 e. The molecule has 22 aromatic rings. The second kappa shape index (κ2) is 23.1. The predicted molar refractivity (Wildman–Crippen MR) is 433 cm³/mol. The van der Waals surface area contributed by atoms with Crippen LogP contribution in [0.4, 0.5) is 0 Å². The molecule has 0 aliphatic heterocycles. The molecule has 0 saturated heterocycles. The van der Waals surface area contributed by atoms with E-state index in [-0.39, 0.29) is 0 Å². The third-order valence-electron chi connectivity index (χ3n) is 21.7. The van der Waals surface area contributed by atoms with Crippen molar-refractivity contribution in [3.05, 3.63) is 364 Å².